The van der Waals surface area contributed by atoms with E-state index >= 15 is 0 Å². The lowest BCUT2D eigenvalue weighted by Crippen LogP contribution is -3.00. The Bertz CT molecular complexity index is 1180. The summed E-state index contributed by atoms with van der Waals surface area (Å²) in [5.74, 6) is 0.895. The fourth-order valence-corrected chi connectivity index (χ4v) is 4.55. The highest BCUT2D eigenvalue weighted by Crippen LogP contribution is 2.40. The van der Waals surface area contributed by atoms with E-state index in [1.54, 1.807) is 0 Å². The molecule has 33 heavy (non-hydrogen) atoms. The molecule has 1 heterocycles. The van der Waals surface area contributed by atoms with Crippen LogP contribution in [0.5, 0.6) is 5.75 Å². The van der Waals surface area contributed by atoms with Crippen molar-refractivity contribution < 1.29 is 21.7 Å². The molecule has 1 aliphatic rings. The number of ether oxygens (including phenoxy) is 1. The van der Waals surface area contributed by atoms with Gasteiger partial charge in [0.1, 0.15) is 12.8 Å². The van der Waals surface area contributed by atoms with E-state index in [9.17, 15) is 0 Å². The van der Waals surface area contributed by atoms with Gasteiger partial charge in [0.05, 0.1) is 12.0 Å². The molecule has 0 N–H and O–H groups in total. The number of fused-ring (bicyclic) bond motifs is 1. The van der Waals surface area contributed by atoms with Gasteiger partial charge in [-0.05, 0) is 80.9 Å². The summed E-state index contributed by atoms with van der Waals surface area (Å²) in [6, 6.07) is 23.0. The molecule has 4 rings (SSSR count). The standard InChI is InChI=1S/C28H30ClN2O.ClH/c1-6-32-24-15-13-23(14-16-24)30(4)22-11-7-20(8-12-22)9-18-27-28(2,3)25-17-10-21(29)19-26(25)31(27)5;/h7-19H,6H2,1-5H3;1H/q+1;/p-1. The minimum absolute atomic E-state index is 0. The van der Waals surface area contributed by atoms with E-state index in [0.29, 0.717) is 6.61 Å². The second-order valence-electron chi connectivity index (χ2n) is 8.64. The van der Waals surface area contributed by atoms with Gasteiger partial charge in [0.25, 0.3) is 0 Å². The molecule has 3 nitrogen and oxygen atoms in total. The monoisotopic (exact) mass is 480 g/mol. The third kappa shape index (κ3) is 4.95. The maximum Gasteiger partial charge on any atom is 0.211 e. The first kappa shape index (κ1) is 24.9. The van der Waals surface area contributed by atoms with E-state index in [0.717, 1.165) is 22.1 Å². The first-order valence-corrected chi connectivity index (χ1v) is 11.3. The topological polar surface area (TPSA) is 15.5 Å². The van der Waals surface area contributed by atoms with E-state index in [-0.39, 0.29) is 17.8 Å². The minimum atomic E-state index is -0.0705. The summed E-state index contributed by atoms with van der Waals surface area (Å²) in [5, 5.41) is 0.767. The van der Waals surface area contributed by atoms with Crippen LogP contribution in [0.4, 0.5) is 17.1 Å². The number of allylic oxidation sites excluding steroid dienone is 1. The summed E-state index contributed by atoms with van der Waals surface area (Å²) in [5.41, 5.74) is 7.09. The van der Waals surface area contributed by atoms with Crippen LogP contribution in [0, 0.1) is 0 Å². The number of hydrogen-bond donors (Lipinski definition) is 0. The average molecular weight is 481 g/mol. The highest BCUT2D eigenvalue weighted by molar-refractivity contribution is 6.30. The molecule has 0 unspecified atom stereocenters. The second kappa shape index (κ2) is 10.0. The summed E-state index contributed by atoms with van der Waals surface area (Å²) in [4.78, 5) is 2.17. The Balaban J connectivity index is 0.00000306. The van der Waals surface area contributed by atoms with E-state index in [1.807, 2.05) is 31.2 Å². The number of halogens is 2. The van der Waals surface area contributed by atoms with Crippen LogP contribution in [0.25, 0.3) is 6.08 Å². The molecule has 3 aromatic rings. The van der Waals surface area contributed by atoms with Crippen molar-refractivity contribution in [2.24, 2.45) is 0 Å². The quantitative estimate of drug-likeness (QED) is 0.490. The Labute approximate surface area is 208 Å². The van der Waals surface area contributed by atoms with Crippen LogP contribution in [0.3, 0.4) is 0 Å². The van der Waals surface area contributed by atoms with Crippen molar-refractivity contribution >= 4 is 40.5 Å². The normalized spacial score (nSPS) is 14.2. The van der Waals surface area contributed by atoms with Crippen molar-refractivity contribution in [3.8, 4) is 5.75 Å². The van der Waals surface area contributed by atoms with Gasteiger partial charge in [-0.15, -0.1) is 0 Å². The van der Waals surface area contributed by atoms with Crippen molar-refractivity contribution in [3.05, 3.63) is 89.0 Å². The average Bonchev–Trinajstić information content (AvgIpc) is 2.97. The number of anilines is 2. The Hall–Kier alpha value is -2.75. The van der Waals surface area contributed by atoms with Crippen LogP contribution in [0.15, 0.2) is 72.8 Å². The van der Waals surface area contributed by atoms with E-state index in [2.05, 4.69) is 92.0 Å². The van der Waals surface area contributed by atoms with Crippen LogP contribution in [0.2, 0.25) is 5.02 Å². The van der Waals surface area contributed by atoms with Crippen LogP contribution in [-0.4, -0.2) is 31.0 Å². The van der Waals surface area contributed by atoms with Gasteiger partial charge in [0.2, 0.25) is 5.69 Å². The van der Waals surface area contributed by atoms with Gasteiger partial charge in [-0.3, -0.25) is 0 Å². The zero-order valence-corrected chi connectivity index (χ0v) is 21.3. The molecule has 1 aliphatic heterocycles. The molecular weight excluding hydrogens is 451 g/mol. The van der Waals surface area contributed by atoms with Gasteiger partial charge in [0.15, 0.2) is 5.71 Å². The molecule has 0 saturated carbocycles. The largest absolute Gasteiger partial charge is 1.00 e. The third-order valence-corrected chi connectivity index (χ3v) is 6.48. The fourth-order valence-electron chi connectivity index (χ4n) is 4.38. The van der Waals surface area contributed by atoms with Gasteiger partial charge in [-0.25, -0.2) is 0 Å². The lowest BCUT2D eigenvalue weighted by Gasteiger charge is -2.20. The summed E-state index contributed by atoms with van der Waals surface area (Å²) < 4.78 is 7.78. The maximum atomic E-state index is 6.24. The SMILES string of the molecule is CCOc1ccc(N(C)c2ccc(/C=C/C3=[N+](C)c4cc(Cl)ccc4C3(C)C)cc2)cc1.[Cl-]. The van der Waals surface area contributed by atoms with Crippen LogP contribution in [0.1, 0.15) is 31.9 Å². The molecule has 172 valence electrons. The highest BCUT2D eigenvalue weighted by atomic mass is 35.5. The zero-order chi connectivity index (χ0) is 22.9. The predicted molar refractivity (Wildman–Crippen MR) is 136 cm³/mol. The Morgan fingerprint density at radius 1 is 0.939 bits per heavy atom. The molecule has 0 amide bonds. The molecule has 0 aliphatic carbocycles. The van der Waals surface area contributed by atoms with Crippen LogP contribution >= 0.6 is 11.6 Å². The van der Waals surface area contributed by atoms with Gasteiger partial charge < -0.3 is 22.0 Å². The fraction of sp³-hybridized carbons (Fsp3) is 0.250. The first-order valence-electron chi connectivity index (χ1n) is 11.0. The number of benzene rings is 3. The molecule has 0 spiro atoms. The Kier molecular flexibility index (Phi) is 7.56. The lowest BCUT2D eigenvalue weighted by atomic mass is 9.81. The van der Waals surface area contributed by atoms with Crippen molar-refractivity contribution in [2.45, 2.75) is 26.2 Å². The van der Waals surface area contributed by atoms with Gasteiger partial charge in [-0.2, -0.15) is 4.58 Å². The molecule has 3 aromatic carbocycles. The molecule has 0 radical (unpaired) electrons. The minimum Gasteiger partial charge on any atom is -1.00 e. The van der Waals surface area contributed by atoms with Gasteiger partial charge in [0, 0.05) is 41.2 Å². The number of hydrogen-bond acceptors (Lipinski definition) is 2. The van der Waals surface area contributed by atoms with E-state index < -0.39 is 0 Å². The maximum absolute atomic E-state index is 6.24. The number of rotatable bonds is 6. The Morgan fingerprint density at radius 3 is 2.15 bits per heavy atom. The molecule has 0 saturated heterocycles. The van der Waals surface area contributed by atoms with E-state index in [4.69, 9.17) is 16.3 Å². The van der Waals surface area contributed by atoms with Crippen molar-refractivity contribution in [2.75, 3.05) is 25.6 Å². The summed E-state index contributed by atoms with van der Waals surface area (Å²) in [6.07, 6.45) is 4.40. The van der Waals surface area contributed by atoms with Crippen molar-refractivity contribution in [3.63, 3.8) is 0 Å². The summed E-state index contributed by atoms with van der Waals surface area (Å²) in [7, 11) is 4.19. The molecule has 0 aromatic heterocycles. The predicted octanol–water partition coefficient (Wildman–Crippen LogP) is 4.23. The van der Waals surface area contributed by atoms with E-state index in [1.165, 1.54) is 22.5 Å². The summed E-state index contributed by atoms with van der Waals surface area (Å²) >= 11 is 6.24. The third-order valence-electron chi connectivity index (χ3n) is 6.25. The Morgan fingerprint density at radius 2 is 1.55 bits per heavy atom. The zero-order valence-electron chi connectivity index (χ0n) is 19.8. The van der Waals surface area contributed by atoms with Gasteiger partial charge in [-0.1, -0.05) is 23.7 Å². The number of nitrogens with zero attached hydrogens (tertiary/aromatic N) is 2. The van der Waals surface area contributed by atoms with Crippen molar-refractivity contribution in [1.82, 2.24) is 0 Å². The smallest absolute Gasteiger partial charge is 0.211 e. The van der Waals surface area contributed by atoms with Crippen LogP contribution in [-0.2, 0) is 5.41 Å². The summed E-state index contributed by atoms with van der Waals surface area (Å²) in [6.45, 7) is 7.19. The second-order valence-corrected chi connectivity index (χ2v) is 9.08. The van der Waals surface area contributed by atoms with Gasteiger partial charge >= 0.3 is 0 Å². The lowest BCUT2D eigenvalue weighted by molar-refractivity contribution is -0.401. The molecule has 5 heteroatoms. The molecular formula is C28H30Cl2N2O. The first-order chi connectivity index (χ1) is 15.3. The van der Waals surface area contributed by atoms with Crippen molar-refractivity contribution in [1.29, 1.82) is 0 Å². The molecule has 0 atom stereocenters. The highest BCUT2D eigenvalue weighted by Gasteiger charge is 2.42. The molecule has 0 bridgehead atoms. The van der Waals surface area contributed by atoms with Crippen LogP contribution < -0.4 is 22.0 Å². The molecule has 0 fully saturated rings.